The molecule has 7 heteroatoms. The predicted octanol–water partition coefficient (Wildman–Crippen LogP) is 3.04. The van der Waals surface area contributed by atoms with Crippen molar-refractivity contribution >= 4 is 28.3 Å². The van der Waals surface area contributed by atoms with Crippen LogP contribution in [-0.4, -0.2) is 17.9 Å². The second kappa shape index (κ2) is 6.00. The quantitative estimate of drug-likeness (QED) is 0.659. The lowest BCUT2D eigenvalue weighted by molar-refractivity contribution is -0.120. The molecule has 0 saturated heterocycles. The first-order valence-corrected chi connectivity index (χ1v) is 9.22. The number of nitrogens with two attached hydrogens (primary N) is 1. The summed E-state index contributed by atoms with van der Waals surface area (Å²) in [5.74, 6) is -0.430. The number of aromatic amines is 1. The molecule has 1 atom stereocenters. The van der Waals surface area contributed by atoms with Crippen molar-refractivity contribution < 1.29 is 9.53 Å². The smallest absolute Gasteiger partial charge is 0.248 e. The molecule has 0 saturated carbocycles. The van der Waals surface area contributed by atoms with E-state index < -0.39 is 11.3 Å². The molecule has 1 amide bonds. The van der Waals surface area contributed by atoms with Gasteiger partial charge >= 0.3 is 0 Å². The molecule has 2 aliphatic rings. The van der Waals surface area contributed by atoms with E-state index in [4.69, 9.17) is 10.5 Å². The number of carbonyl (C=O) groups excluding carboxylic acids is 1. The molecule has 1 spiro atoms. The molecule has 0 aliphatic carbocycles. The fourth-order valence-electron chi connectivity index (χ4n) is 4.46. The maximum absolute atomic E-state index is 13.6. The van der Waals surface area contributed by atoms with Gasteiger partial charge in [-0.2, -0.15) is 10.5 Å². The molecular weight excluding hydrogens is 378 g/mol. The largest absolute Gasteiger partial charge is 0.439 e. The number of hydrogen-bond acceptors (Lipinski definition) is 5. The summed E-state index contributed by atoms with van der Waals surface area (Å²) in [7, 11) is 1.62. The van der Waals surface area contributed by atoms with Crippen molar-refractivity contribution in [3.05, 3.63) is 82.9 Å². The van der Waals surface area contributed by atoms with Gasteiger partial charge in [-0.3, -0.25) is 4.79 Å². The lowest BCUT2D eigenvalue weighted by Gasteiger charge is -2.33. The van der Waals surface area contributed by atoms with Crippen molar-refractivity contribution in [2.45, 2.75) is 5.41 Å². The number of ether oxygens (including phenoxy) is 1. The fourth-order valence-corrected chi connectivity index (χ4v) is 4.46. The summed E-state index contributed by atoms with van der Waals surface area (Å²) in [6.07, 6.45) is 1.71. The second-order valence-corrected chi connectivity index (χ2v) is 7.15. The Bertz CT molecular complexity index is 1400. The highest BCUT2D eigenvalue weighted by atomic mass is 16.5. The van der Waals surface area contributed by atoms with Crippen molar-refractivity contribution in [1.82, 2.24) is 4.98 Å². The molecule has 2 aromatic carbocycles. The van der Waals surface area contributed by atoms with Crippen LogP contribution in [0.1, 0.15) is 11.1 Å². The van der Waals surface area contributed by atoms with Gasteiger partial charge in [-0.25, -0.2) is 0 Å². The van der Waals surface area contributed by atoms with Crippen LogP contribution in [0.25, 0.3) is 16.7 Å². The maximum Gasteiger partial charge on any atom is 0.248 e. The van der Waals surface area contributed by atoms with Crippen LogP contribution in [-0.2, 0) is 14.9 Å². The van der Waals surface area contributed by atoms with Gasteiger partial charge < -0.3 is 20.4 Å². The number of benzene rings is 2. The molecule has 30 heavy (non-hydrogen) atoms. The summed E-state index contributed by atoms with van der Waals surface area (Å²) < 4.78 is 5.83. The second-order valence-electron chi connectivity index (χ2n) is 7.15. The third-order valence-corrected chi connectivity index (χ3v) is 5.79. The SMILES string of the molecule is CN1C(=O)[C@]2(C(C#N)=C(N)OC(c3c[nH]c4ccccc34)=C2C#N)c2ccccc21. The zero-order chi connectivity index (χ0) is 21.0. The van der Waals surface area contributed by atoms with Gasteiger partial charge in [-0.05, 0) is 12.1 Å². The molecule has 0 bridgehead atoms. The first-order valence-electron chi connectivity index (χ1n) is 9.22. The summed E-state index contributed by atoms with van der Waals surface area (Å²) in [5, 5.41) is 21.0. The fraction of sp³-hybridized carbons (Fsp3) is 0.0870. The number of likely N-dealkylation sites (N-methyl/N-ethyl adjacent to an activating group) is 1. The number of H-pyrrole nitrogens is 1. The molecule has 7 nitrogen and oxygen atoms in total. The Morgan fingerprint density at radius 3 is 2.53 bits per heavy atom. The highest BCUT2D eigenvalue weighted by Gasteiger charge is 2.60. The number of anilines is 1. The minimum atomic E-state index is -1.65. The van der Waals surface area contributed by atoms with Crippen LogP contribution in [0.15, 0.2) is 71.8 Å². The van der Waals surface area contributed by atoms with Crippen molar-refractivity contribution in [2.24, 2.45) is 5.73 Å². The highest BCUT2D eigenvalue weighted by Crippen LogP contribution is 2.54. The Labute approximate surface area is 171 Å². The summed E-state index contributed by atoms with van der Waals surface area (Å²) in [5.41, 5.74) is 7.09. The molecule has 3 heterocycles. The zero-order valence-corrected chi connectivity index (χ0v) is 15.9. The Kier molecular flexibility index (Phi) is 3.52. The van der Waals surface area contributed by atoms with Crippen LogP contribution in [0.3, 0.4) is 0 Å². The van der Waals surface area contributed by atoms with Crippen LogP contribution in [0.4, 0.5) is 5.69 Å². The number of para-hydroxylation sites is 2. The van der Waals surface area contributed by atoms with Crippen molar-refractivity contribution in [3.8, 4) is 12.1 Å². The summed E-state index contributed by atoms with van der Waals surface area (Å²) in [6, 6.07) is 18.8. The van der Waals surface area contributed by atoms with E-state index in [2.05, 4.69) is 11.1 Å². The molecule has 144 valence electrons. The molecule has 1 aromatic heterocycles. The average molecular weight is 393 g/mol. The summed E-state index contributed by atoms with van der Waals surface area (Å²) >= 11 is 0. The minimum absolute atomic E-state index is 0.0415. The molecule has 0 fully saturated rings. The van der Waals surface area contributed by atoms with Gasteiger partial charge in [0, 0.05) is 41.0 Å². The third kappa shape index (κ3) is 1.93. The number of rotatable bonds is 1. The molecule has 3 N–H and O–H groups in total. The van der Waals surface area contributed by atoms with Gasteiger partial charge in [0.25, 0.3) is 0 Å². The van der Waals surface area contributed by atoms with Crippen molar-refractivity contribution in [3.63, 3.8) is 0 Å². The van der Waals surface area contributed by atoms with E-state index in [1.165, 1.54) is 4.90 Å². The molecular formula is C23H15N5O2. The van der Waals surface area contributed by atoms with E-state index in [0.29, 0.717) is 16.8 Å². The Morgan fingerprint density at radius 1 is 1.07 bits per heavy atom. The maximum atomic E-state index is 13.6. The van der Waals surface area contributed by atoms with E-state index in [1.807, 2.05) is 30.3 Å². The topological polar surface area (TPSA) is 119 Å². The van der Waals surface area contributed by atoms with E-state index in [-0.39, 0.29) is 22.8 Å². The van der Waals surface area contributed by atoms with Gasteiger partial charge in [0.05, 0.1) is 5.57 Å². The number of amides is 1. The van der Waals surface area contributed by atoms with Crippen molar-refractivity contribution in [2.75, 3.05) is 11.9 Å². The number of hydrogen-bond donors (Lipinski definition) is 2. The highest BCUT2D eigenvalue weighted by molar-refractivity contribution is 6.15. The first kappa shape index (κ1) is 17.6. The lowest BCUT2D eigenvalue weighted by Crippen LogP contribution is -2.45. The number of carbonyl (C=O) groups is 1. The van der Waals surface area contributed by atoms with Gasteiger partial charge in [-0.1, -0.05) is 36.4 Å². The van der Waals surface area contributed by atoms with Crippen LogP contribution >= 0.6 is 0 Å². The standard InChI is InChI=1S/C23H15N5O2/c1-28-19-9-5-3-7-15(19)23(22(28)29)16(10-24)20(30-21(26)17(23)11-25)14-12-27-18-8-4-2-6-13(14)18/h2-9,12,27H,26H2,1H3/t23-/m1/s1. The van der Waals surface area contributed by atoms with Crippen LogP contribution < -0.4 is 10.6 Å². The molecule has 0 unspecified atom stereocenters. The van der Waals surface area contributed by atoms with Crippen molar-refractivity contribution in [1.29, 1.82) is 10.5 Å². The lowest BCUT2D eigenvalue weighted by atomic mass is 9.68. The summed E-state index contributed by atoms with van der Waals surface area (Å²) in [6.45, 7) is 0. The number of nitrogens with one attached hydrogen (secondary N) is 1. The average Bonchev–Trinajstić information content (AvgIpc) is 3.29. The third-order valence-electron chi connectivity index (χ3n) is 5.79. The van der Waals surface area contributed by atoms with Crippen LogP contribution in [0.2, 0.25) is 0 Å². The van der Waals surface area contributed by atoms with E-state index >= 15 is 0 Å². The van der Waals surface area contributed by atoms with Gasteiger partial charge in [0.1, 0.15) is 17.7 Å². The first-order chi connectivity index (χ1) is 14.6. The number of nitriles is 2. The van der Waals surface area contributed by atoms with E-state index in [0.717, 1.165) is 10.9 Å². The normalized spacial score (nSPS) is 20.4. The predicted molar refractivity (Wildman–Crippen MR) is 110 cm³/mol. The van der Waals surface area contributed by atoms with Gasteiger partial charge in [0.15, 0.2) is 11.2 Å². The van der Waals surface area contributed by atoms with Crippen LogP contribution in [0, 0.1) is 22.7 Å². The molecule has 3 aromatic rings. The number of aromatic nitrogens is 1. The summed E-state index contributed by atoms with van der Waals surface area (Å²) in [4.78, 5) is 18.2. The van der Waals surface area contributed by atoms with E-state index in [9.17, 15) is 15.3 Å². The Hall–Kier alpha value is -4.49. The minimum Gasteiger partial charge on any atom is -0.439 e. The Morgan fingerprint density at radius 2 is 1.77 bits per heavy atom. The van der Waals surface area contributed by atoms with Gasteiger partial charge in [-0.15, -0.1) is 0 Å². The number of fused-ring (bicyclic) bond motifs is 3. The molecule has 2 aliphatic heterocycles. The molecule has 5 rings (SSSR count). The van der Waals surface area contributed by atoms with E-state index in [1.54, 1.807) is 37.5 Å². The number of nitrogens with zero attached hydrogens (tertiary/aromatic N) is 3. The van der Waals surface area contributed by atoms with Gasteiger partial charge in [0.2, 0.25) is 11.8 Å². The Balaban J connectivity index is 1.92. The molecule has 0 radical (unpaired) electrons. The zero-order valence-electron chi connectivity index (χ0n) is 15.9. The monoisotopic (exact) mass is 393 g/mol. The van der Waals surface area contributed by atoms with Crippen LogP contribution in [0.5, 0.6) is 0 Å².